The predicted molar refractivity (Wildman–Crippen MR) is 79.2 cm³/mol. The molecule has 0 bridgehead atoms. The summed E-state index contributed by atoms with van der Waals surface area (Å²) >= 11 is 0. The average Bonchev–Trinajstić information content (AvgIpc) is 2.69. The van der Waals surface area contributed by atoms with Gasteiger partial charge in [0.2, 0.25) is 11.8 Å². The van der Waals surface area contributed by atoms with Crippen LogP contribution in [0.25, 0.3) is 0 Å². The summed E-state index contributed by atoms with van der Waals surface area (Å²) in [5.41, 5.74) is -0.0380. The van der Waals surface area contributed by atoms with Crippen molar-refractivity contribution < 1.29 is 9.59 Å². The molecule has 1 atom stereocenters. The molecule has 0 aromatic heterocycles. The highest BCUT2D eigenvalue weighted by Gasteiger charge is 2.44. The Morgan fingerprint density at radius 2 is 1.75 bits per heavy atom. The standard InChI is InChI=1S/C16H28N2O2/c1-15(2,3)11-16(4,5)18-10-8-13(19)17-9-6-7-12(17)14(18)20/h12H,6-11H2,1-5H3. The Labute approximate surface area is 122 Å². The van der Waals surface area contributed by atoms with Crippen molar-refractivity contribution in [1.82, 2.24) is 9.80 Å². The van der Waals surface area contributed by atoms with Crippen LogP contribution in [-0.4, -0.2) is 46.3 Å². The van der Waals surface area contributed by atoms with E-state index in [1.54, 1.807) is 4.90 Å². The van der Waals surface area contributed by atoms with Crippen molar-refractivity contribution in [2.75, 3.05) is 13.1 Å². The number of carbonyl (C=O) groups excluding carboxylic acids is 2. The van der Waals surface area contributed by atoms with Crippen molar-refractivity contribution in [2.24, 2.45) is 5.41 Å². The van der Waals surface area contributed by atoms with E-state index in [-0.39, 0.29) is 28.8 Å². The summed E-state index contributed by atoms with van der Waals surface area (Å²) in [6.45, 7) is 12.2. The Morgan fingerprint density at radius 3 is 2.35 bits per heavy atom. The highest BCUT2D eigenvalue weighted by molar-refractivity contribution is 5.91. The monoisotopic (exact) mass is 280 g/mol. The predicted octanol–water partition coefficient (Wildman–Crippen LogP) is 2.42. The number of fused-ring (bicyclic) bond motifs is 1. The second-order valence-electron chi connectivity index (χ2n) is 8.03. The molecule has 2 amide bonds. The molecule has 0 spiro atoms. The van der Waals surface area contributed by atoms with Crippen LogP contribution < -0.4 is 0 Å². The lowest BCUT2D eigenvalue weighted by Gasteiger charge is -2.42. The maximum atomic E-state index is 12.8. The van der Waals surface area contributed by atoms with Crippen molar-refractivity contribution in [3.8, 4) is 0 Å². The van der Waals surface area contributed by atoms with Crippen LogP contribution in [0.5, 0.6) is 0 Å². The lowest BCUT2D eigenvalue weighted by molar-refractivity contribution is -0.143. The quantitative estimate of drug-likeness (QED) is 0.779. The first-order chi connectivity index (χ1) is 9.12. The minimum atomic E-state index is -0.204. The molecule has 114 valence electrons. The molecule has 4 heteroatoms. The van der Waals surface area contributed by atoms with Crippen LogP contribution in [0.15, 0.2) is 0 Å². The van der Waals surface area contributed by atoms with E-state index < -0.39 is 0 Å². The van der Waals surface area contributed by atoms with Gasteiger partial charge in [0.1, 0.15) is 6.04 Å². The SMILES string of the molecule is CC(C)(C)CC(C)(C)N1CCC(=O)N2CCCC2C1=O. The third kappa shape index (κ3) is 2.99. The maximum absolute atomic E-state index is 12.8. The molecule has 0 aromatic rings. The highest BCUT2D eigenvalue weighted by Crippen LogP contribution is 2.34. The van der Waals surface area contributed by atoms with Crippen molar-refractivity contribution in [3.05, 3.63) is 0 Å². The molecular weight excluding hydrogens is 252 g/mol. The van der Waals surface area contributed by atoms with Crippen molar-refractivity contribution in [1.29, 1.82) is 0 Å². The van der Waals surface area contributed by atoms with E-state index in [1.807, 2.05) is 4.90 Å². The normalized spacial score (nSPS) is 24.9. The Balaban J connectivity index is 2.23. The van der Waals surface area contributed by atoms with E-state index in [2.05, 4.69) is 34.6 Å². The summed E-state index contributed by atoms with van der Waals surface area (Å²) in [5, 5.41) is 0. The molecule has 0 saturated carbocycles. The molecular formula is C16H28N2O2. The summed E-state index contributed by atoms with van der Waals surface area (Å²) in [7, 11) is 0. The van der Waals surface area contributed by atoms with Gasteiger partial charge in [-0.05, 0) is 38.5 Å². The minimum Gasteiger partial charge on any atom is -0.335 e. The zero-order chi connectivity index (χ0) is 15.1. The van der Waals surface area contributed by atoms with E-state index in [0.717, 1.165) is 25.8 Å². The van der Waals surface area contributed by atoms with E-state index >= 15 is 0 Å². The van der Waals surface area contributed by atoms with E-state index in [1.165, 1.54) is 0 Å². The molecule has 2 saturated heterocycles. The molecule has 4 nitrogen and oxygen atoms in total. The highest BCUT2D eigenvalue weighted by atomic mass is 16.2. The smallest absolute Gasteiger partial charge is 0.245 e. The van der Waals surface area contributed by atoms with Gasteiger partial charge in [0, 0.05) is 25.0 Å². The molecule has 0 aromatic carbocycles. The summed E-state index contributed by atoms with van der Waals surface area (Å²) in [6.07, 6.45) is 3.19. The number of hydrogen-bond acceptors (Lipinski definition) is 2. The van der Waals surface area contributed by atoms with E-state index in [4.69, 9.17) is 0 Å². The van der Waals surface area contributed by atoms with Crippen LogP contribution >= 0.6 is 0 Å². The molecule has 20 heavy (non-hydrogen) atoms. The fourth-order valence-corrected chi connectivity index (χ4v) is 3.96. The van der Waals surface area contributed by atoms with Gasteiger partial charge in [-0.1, -0.05) is 20.8 Å². The van der Waals surface area contributed by atoms with E-state index in [9.17, 15) is 9.59 Å². The van der Waals surface area contributed by atoms with Gasteiger partial charge in [0.05, 0.1) is 0 Å². The first kappa shape index (κ1) is 15.3. The van der Waals surface area contributed by atoms with Crippen LogP contribution in [-0.2, 0) is 9.59 Å². The van der Waals surface area contributed by atoms with Crippen LogP contribution in [0.2, 0.25) is 0 Å². The molecule has 2 aliphatic rings. The van der Waals surface area contributed by atoms with E-state index in [0.29, 0.717) is 13.0 Å². The lowest BCUT2D eigenvalue weighted by atomic mass is 9.80. The largest absolute Gasteiger partial charge is 0.335 e. The molecule has 2 rings (SSSR count). The summed E-state index contributed by atoms with van der Waals surface area (Å²) < 4.78 is 0. The van der Waals surface area contributed by atoms with Crippen molar-refractivity contribution in [3.63, 3.8) is 0 Å². The Bertz CT molecular complexity index is 409. The van der Waals surface area contributed by atoms with Crippen LogP contribution in [0.4, 0.5) is 0 Å². The number of hydrogen-bond donors (Lipinski definition) is 0. The van der Waals surface area contributed by atoms with Gasteiger partial charge in [-0.15, -0.1) is 0 Å². The number of rotatable bonds is 2. The van der Waals surface area contributed by atoms with Crippen LogP contribution in [0.1, 0.15) is 60.3 Å². The van der Waals surface area contributed by atoms with Gasteiger partial charge < -0.3 is 9.80 Å². The van der Waals surface area contributed by atoms with Crippen LogP contribution in [0, 0.1) is 5.41 Å². The molecule has 0 N–H and O–H groups in total. The van der Waals surface area contributed by atoms with Gasteiger partial charge in [0.15, 0.2) is 0 Å². The Morgan fingerprint density at radius 1 is 1.10 bits per heavy atom. The molecule has 2 fully saturated rings. The number of nitrogens with zero attached hydrogens (tertiary/aromatic N) is 2. The molecule has 1 unspecified atom stereocenters. The summed E-state index contributed by atoms with van der Waals surface area (Å²) in [5.74, 6) is 0.303. The van der Waals surface area contributed by atoms with Gasteiger partial charge in [-0.2, -0.15) is 0 Å². The fourth-order valence-electron chi connectivity index (χ4n) is 3.96. The molecule has 2 heterocycles. The second kappa shape index (κ2) is 5.05. The van der Waals surface area contributed by atoms with Gasteiger partial charge in [-0.3, -0.25) is 9.59 Å². The summed E-state index contributed by atoms with van der Waals surface area (Å²) in [6, 6.07) is -0.204. The van der Waals surface area contributed by atoms with Crippen molar-refractivity contribution in [2.45, 2.75) is 71.9 Å². The first-order valence-electron chi connectivity index (χ1n) is 7.73. The van der Waals surface area contributed by atoms with Gasteiger partial charge in [-0.25, -0.2) is 0 Å². The Kier molecular flexibility index (Phi) is 3.87. The second-order valence-corrected chi connectivity index (χ2v) is 8.03. The fraction of sp³-hybridized carbons (Fsp3) is 0.875. The minimum absolute atomic E-state index is 0.148. The molecule has 0 radical (unpaired) electrons. The summed E-state index contributed by atoms with van der Waals surface area (Å²) in [4.78, 5) is 28.7. The molecule has 0 aliphatic carbocycles. The zero-order valence-corrected chi connectivity index (χ0v) is 13.5. The van der Waals surface area contributed by atoms with Crippen molar-refractivity contribution >= 4 is 11.8 Å². The van der Waals surface area contributed by atoms with Gasteiger partial charge >= 0.3 is 0 Å². The van der Waals surface area contributed by atoms with Gasteiger partial charge in [0.25, 0.3) is 0 Å². The number of amides is 2. The number of carbonyl (C=O) groups is 2. The van der Waals surface area contributed by atoms with Crippen LogP contribution in [0.3, 0.4) is 0 Å². The topological polar surface area (TPSA) is 40.6 Å². The average molecular weight is 280 g/mol. The third-order valence-corrected chi connectivity index (χ3v) is 4.37. The maximum Gasteiger partial charge on any atom is 0.245 e. The first-order valence-corrected chi connectivity index (χ1v) is 7.73. The molecule has 2 aliphatic heterocycles. The lowest BCUT2D eigenvalue weighted by Crippen LogP contribution is -2.53. The third-order valence-electron chi connectivity index (χ3n) is 4.37. The zero-order valence-electron chi connectivity index (χ0n) is 13.5. The Hall–Kier alpha value is -1.06.